The second-order valence-corrected chi connectivity index (χ2v) is 5.69. The molecule has 0 aromatic heterocycles. The smallest absolute Gasteiger partial charge is 0.310 e. The molecule has 1 atom stereocenters. The van der Waals surface area contributed by atoms with E-state index in [4.69, 9.17) is 4.74 Å². The molecule has 15 heavy (non-hydrogen) atoms. The lowest BCUT2D eigenvalue weighted by molar-refractivity contribution is -0.149. The number of carbonyl (C=O) groups excluding carboxylic acids is 1. The van der Waals surface area contributed by atoms with Crippen molar-refractivity contribution in [1.29, 1.82) is 0 Å². The highest BCUT2D eigenvalue weighted by Gasteiger charge is 2.30. The van der Waals surface area contributed by atoms with Gasteiger partial charge in [0, 0.05) is 13.1 Å². The van der Waals surface area contributed by atoms with Gasteiger partial charge in [-0.15, -0.1) is 0 Å². The molecule has 0 N–H and O–H groups in total. The highest BCUT2D eigenvalue weighted by Crippen LogP contribution is 2.19. The van der Waals surface area contributed by atoms with Crippen LogP contribution in [0.2, 0.25) is 0 Å². The predicted molar refractivity (Wildman–Crippen MR) is 55.8 cm³/mol. The van der Waals surface area contributed by atoms with Crippen LogP contribution in [0.4, 0.5) is 0 Å². The van der Waals surface area contributed by atoms with Gasteiger partial charge in [-0.05, 0) is 19.8 Å². The van der Waals surface area contributed by atoms with E-state index in [0.717, 1.165) is 6.42 Å². The highest BCUT2D eigenvalue weighted by atomic mass is 32.2. The van der Waals surface area contributed by atoms with Crippen molar-refractivity contribution in [3.8, 4) is 0 Å². The summed E-state index contributed by atoms with van der Waals surface area (Å²) in [6, 6.07) is 0. The number of ether oxygens (including phenoxy) is 1. The van der Waals surface area contributed by atoms with Crippen molar-refractivity contribution in [1.82, 2.24) is 4.31 Å². The zero-order valence-corrected chi connectivity index (χ0v) is 9.92. The summed E-state index contributed by atoms with van der Waals surface area (Å²) >= 11 is 0. The first-order chi connectivity index (χ1) is 6.95. The summed E-state index contributed by atoms with van der Waals surface area (Å²) in [7, 11) is -3.18. The Kier molecular flexibility index (Phi) is 4.10. The molecule has 1 aliphatic rings. The first kappa shape index (κ1) is 12.4. The number of nitrogens with zero attached hydrogens (tertiary/aromatic N) is 1. The van der Waals surface area contributed by atoms with Crippen LogP contribution in [0.3, 0.4) is 0 Å². The van der Waals surface area contributed by atoms with Crippen LogP contribution < -0.4 is 0 Å². The Bertz CT molecular complexity index is 325. The van der Waals surface area contributed by atoms with E-state index in [1.807, 2.05) is 0 Å². The van der Waals surface area contributed by atoms with Gasteiger partial charge < -0.3 is 4.74 Å². The molecule has 1 fully saturated rings. The third kappa shape index (κ3) is 3.46. The van der Waals surface area contributed by atoms with E-state index in [0.29, 0.717) is 19.6 Å². The normalized spacial score (nSPS) is 23.7. The van der Waals surface area contributed by atoms with Crippen molar-refractivity contribution in [2.24, 2.45) is 5.92 Å². The van der Waals surface area contributed by atoms with Crippen molar-refractivity contribution in [2.75, 3.05) is 26.0 Å². The minimum Gasteiger partial charge on any atom is -0.466 e. The molecule has 1 heterocycles. The SMILES string of the molecule is CCOC(=O)[C@@H]1CCCN(S(C)(=O)=O)C1. The Balaban J connectivity index is 2.60. The molecule has 0 aromatic carbocycles. The molecule has 0 aromatic rings. The van der Waals surface area contributed by atoms with E-state index < -0.39 is 10.0 Å². The van der Waals surface area contributed by atoms with Gasteiger partial charge in [0.05, 0.1) is 18.8 Å². The number of sulfonamides is 1. The van der Waals surface area contributed by atoms with Crippen LogP contribution in [0.1, 0.15) is 19.8 Å². The summed E-state index contributed by atoms with van der Waals surface area (Å²) in [6.45, 7) is 2.86. The zero-order valence-electron chi connectivity index (χ0n) is 9.10. The average molecular weight is 235 g/mol. The minimum atomic E-state index is -3.18. The Morgan fingerprint density at radius 3 is 2.73 bits per heavy atom. The quantitative estimate of drug-likeness (QED) is 0.656. The molecule has 0 amide bonds. The topological polar surface area (TPSA) is 63.7 Å². The molecule has 0 aliphatic carbocycles. The molecule has 1 rings (SSSR count). The predicted octanol–water partition coefficient (Wildman–Crippen LogP) is 0.221. The Morgan fingerprint density at radius 2 is 2.20 bits per heavy atom. The summed E-state index contributed by atoms with van der Waals surface area (Å²) in [6.07, 6.45) is 2.60. The first-order valence-corrected chi connectivity index (χ1v) is 6.91. The van der Waals surface area contributed by atoms with Gasteiger partial charge in [-0.2, -0.15) is 0 Å². The molecule has 0 spiro atoms. The number of piperidine rings is 1. The third-order valence-electron chi connectivity index (χ3n) is 2.47. The minimum absolute atomic E-state index is 0.262. The Hall–Kier alpha value is -0.620. The van der Waals surface area contributed by atoms with Crippen LogP contribution in [-0.2, 0) is 19.6 Å². The van der Waals surface area contributed by atoms with E-state index in [2.05, 4.69) is 0 Å². The lowest BCUT2D eigenvalue weighted by atomic mass is 10.0. The van der Waals surface area contributed by atoms with Crippen LogP contribution in [0.25, 0.3) is 0 Å². The van der Waals surface area contributed by atoms with Crippen LogP contribution >= 0.6 is 0 Å². The lowest BCUT2D eigenvalue weighted by Gasteiger charge is -2.29. The molecule has 0 saturated carbocycles. The Morgan fingerprint density at radius 1 is 1.53 bits per heavy atom. The number of carbonyl (C=O) groups is 1. The molecule has 5 nitrogen and oxygen atoms in total. The molecule has 1 aliphatic heterocycles. The van der Waals surface area contributed by atoms with Gasteiger partial charge in [0.25, 0.3) is 0 Å². The standard InChI is InChI=1S/C9H17NO4S/c1-3-14-9(11)8-5-4-6-10(7-8)15(2,12)13/h8H,3-7H2,1-2H3/t8-/m1/s1. The van der Waals surface area contributed by atoms with E-state index in [1.54, 1.807) is 6.92 Å². The molecular weight excluding hydrogens is 218 g/mol. The van der Waals surface area contributed by atoms with E-state index in [-0.39, 0.29) is 18.4 Å². The van der Waals surface area contributed by atoms with Gasteiger partial charge >= 0.3 is 5.97 Å². The van der Waals surface area contributed by atoms with Gasteiger partial charge in [-0.1, -0.05) is 0 Å². The summed E-state index contributed by atoms with van der Waals surface area (Å²) < 4.78 is 28.8. The Labute approximate surface area is 90.4 Å². The number of hydrogen-bond acceptors (Lipinski definition) is 4. The average Bonchev–Trinajstić information content (AvgIpc) is 2.17. The highest BCUT2D eigenvalue weighted by molar-refractivity contribution is 7.88. The van der Waals surface area contributed by atoms with Gasteiger partial charge in [0.15, 0.2) is 0 Å². The van der Waals surface area contributed by atoms with Gasteiger partial charge in [-0.25, -0.2) is 12.7 Å². The van der Waals surface area contributed by atoms with Crippen molar-refractivity contribution in [3.63, 3.8) is 0 Å². The molecule has 0 bridgehead atoms. The molecule has 0 radical (unpaired) electrons. The number of hydrogen-bond donors (Lipinski definition) is 0. The van der Waals surface area contributed by atoms with Crippen molar-refractivity contribution in [3.05, 3.63) is 0 Å². The van der Waals surface area contributed by atoms with E-state index in [9.17, 15) is 13.2 Å². The second kappa shape index (κ2) is 4.94. The number of rotatable bonds is 3. The summed E-state index contributed by atoms with van der Waals surface area (Å²) in [4.78, 5) is 11.4. The maximum atomic E-state index is 11.4. The van der Waals surface area contributed by atoms with Crippen molar-refractivity contribution >= 4 is 16.0 Å². The second-order valence-electron chi connectivity index (χ2n) is 3.71. The summed E-state index contributed by atoms with van der Waals surface area (Å²) in [5, 5.41) is 0. The maximum absolute atomic E-state index is 11.4. The fraction of sp³-hybridized carbons (Fsp3) is 0.889. The molecule has 88 valence electrons. The van der Waals surface area contributed by atoms with Gasteiger partial charge in [0.2, 0.25) is 10.0 Å². The monoisotopic (exact) mass is 235 g/mol. The van der Waals surface area contributed by atoms with E-state index in [1.165, 1.54) is 10.6 Å². The third-order valence-corrected chi connectivity index (χ3v) is 3.74. The zero-order chi connectivity index (χ0) is 11.5. The van der Waals surface area contributed by atoms with Gasteiger partial charge in [-0.3, -0.25) is 4.79 Å². The summed E-state index contributed by atoms with van der Waals surface area (Å²) in [5.41, 5.74) is 0. The van der Waals surface area contributed by atoms with Crippen LogP contribution in [0.15, 0.2) is 0 Å². The maximum Gasteiger partial charge on any atom is 0.310 e. The fourth-order valence-corrected chi connectivity index (χ4v) is 2.61. The molecule has 0 unspecified atom stereocenters. The van der Waals surface area contributed by atoms with Crippen LogP contribution in [0.5, 0.6) is 0 Å². The lowest BCUT2D eigenvalue weighted by Crippen LogP contribution is -2.42. The molecule has 6 heteroatoms. The van der Waals surface area contributed by atoms with Crippen molar-refractivity contribution < 1.29 is 17.9 Å². The van der Waals surface area contributed by atoms with Gasteiger partial charge in [0.1, 0.15) is 0 Å². The van der Waals surface area contributed by atoms with Crippen LogP contribution in [-0.4, -0.2) is 44.6 Å². The molecule has 1 saturated heterocycles. The number of esters is 1. The van der Waals surface area contributed by atoms with E-state index >= 15 is 0 Å². The van der Waals surface area contributed by atoms with Crippen LogP contribution in [0, 0.1) is 5.92 Å². The van der Waals surface area contributed by atoms with Crippen molar-refractivity contribution in [2.45, 2.75) is 19.8 Å². The fourth-order valence-electron chi connectivity index (χ4n) is 1.70. The largest absolute Gasteiger partial charge is 0.466 e. The molecular formula is C9H17NO4S. The summed E-state index contributed by atoms with van der Waals surface area (Å²) in [5.74, 6) is -0.584. The first-order valence-electron chi connectivity index (χ1n) is 5.07.